The lowest BCUT2D eigenvalue weighted by Gasteiger charge is -2.33. The van der Waals surface area contributed by atoms with E-state index in [-0.39, 0.29) is 6.04 Å². The number of aryl methyl sites for hydroxylation is 2. The molecule has 4 nitrogen and oxygen atoms in total. The van der Waals surface area contributed by atoms with Crippen molar-refractivity contribution in [2.45, 2.75) is 26.8 Å². The molecule has 0 radical (unpaired) electrons. The minimum absolute atomic E-state index is 0.0715. The second kappa shape index (κ2) is 17.0. The Balaban J connectivity index is 1.17. The fourth-order valence-electron chi connectivity index (χ4n) is 9.77. The van der Waals surface area contributed by atoms with E-state index in [9.17, 15) is 0 Å². The summed E-state index contributed by atoms with van der Waals surface area (Å²) in [5.41, 5.74) is 20.8. The van der Waals surface area contributed by atoms with Crippen molar-refractivity contribution < 1.29 is 0 Å². The lowest BCUT2D eigenvalue weighted by Crippen LogP contribution is -2.27. The van der Waals surface area contributed by atoms with Gasteiger partial charge in [-0.25, -0.2) is 0 Å². The zero-order valence-corrected chi connectivity index (χ0v) is 37.4. The molecule has 1 aliphatic heterocycles. The molecule has 7 aromatic carbocycles. The summed E-state index contributed by atoms with van der Waals surface area (Å²) in [4.78, 5) is 12.2. The molecule has 0 amide bonds. The van der Waals surface area contributed by atoms with Crippen molar-refractivity contribution in [3.63, 3.8) is 0 Å². The smallest absolute Gasteiger partial charge is 0.0731 e. The van der Waals surface area contributed by atoms with Crippen molar-refractivity contribution in [2.24, 2.45) is 0 Å². The molecule has 1 aliphatic rings. The van der Waals surface area contributed by atoms with Crippen LogP contribution in [0.15, 0.2) is 225 Å². The molecular formula is C62H48N4. The standard InChI is InChI=1S/C62H48N4/c1-41-27-28-47(61-42(2)17-15-31-63-61)33-44(4)65(58-25-13-11-23-55(41)58)53-36-49(45-19-7-5-8-20-45)34-51(38-53)52-35-50(46-21-9-6-10-22-46)37-54(39-52)66-59-26-14-12-24-56(59)57-30-29-48(40-60(57)66)62-43(3)18-16-32-64-62/h5-40,44H,1H2,2-4H3/b28-27-,47-33+. The van der Waals surface area contributed by atoms with Gasteiger partial charge in [-0.1, -0.05) is 146 Å². The Morgan fingerprint density at radius 2 is 1.02 bits per heavy atom. The average Bonchev–Trinajstić information content (AvgIpc) is 3.71. The second-order valence-electron chi connectivity index (χ2n) is 17.3. The third-order valence-electron chi connectivity index (χ3n) is 13.0. The quantitative estimate of drug-likeness (QED) is 0.160. The SMILES string of the molecule is C=C1/C=C\C(c2ncccc2C)=C/C(C)N(c2cc(-c3ccccc3)cc(-c3cc(-c4ccccc4)cc(-n4c5ccccc5c5ccc(-c6ncccc6C)cc54)c3)c2)c2ccccc21. The van der Waals surface area contributed by atoms with Gasteiger partial charge in [0.1, 0.15) is 0 Å². The first-order chi connectivity index (χ1) is 32.4. The molecular weight excluding hydrogens is 801 g/mol. The Bertz CT molecular complexity index is 3540. The number of anilines is 2. The first kappa shape index (κ1) is 40.4. The van der Waals surface area contributed by atoms with Crippen molar-refractivity contribution in [1.29, 1.82) is 0 Å². The fourth-order valence-corrected chi connectivity index (χ4v) is 9.77. The van der Waals surface area contributed by atoms with Crippen LogP contribution in [-0.2, 0) is 0 Å². The van der Waals surface area contributed by atoms with Gasteiger partial charge in [0, 0.05) is 51.4 Å². The van der Waals surface area contributed by atoms with E-state index in [0.717, 1.165) is 106 Å². The molecule has 11 rings (SSSR count). The van der Waals surface area contributed by atoms with Gasteiger partial charge in [0.15, 0.2) is 0 Å². The highest BCUT2D eigenvalue weighted by Crippen LogP contribution is 2.43. The van der Waals surface area contributed by atoms with Crippen LogP contribution in [0.1, 0.15) is 29.3 Å². The maximum atomic E-state index is 4.87. The first-order valence-electron chi connectivity index (χ1n) is 22.6. The molecule has 4 heterocycles. The molecule has 0 aliphatic carbocycles. The van der Waals surface area contributed by atoms with E-state index in [1.807, 2.05) is 24.5 Å². The third-order valence-corrected chi connectivity index (χ3v) is 13.0. The summed E-state index contributed by atoms with van der Waals surface area (Å²) in [5, 5.41) is 2.41. The minimum atomic E-state index is -0.0715. The van der Waals surface area contributed by atoms with E-state index >= 15 is 0 Å². The Kier molecular flexibility index (Phi) is 10.4. The van der Waals surface area contributed by atoms with Crippen LogP contribution in [0.2, 0.25) is 0 Å². The van der Waals surface area contributed by atoms with E-state index in [4.69, 9.17) is 9.97 Å². The molecule has 1 unspecified atom stereocenters. The molecule has 4 heteroatoms. The number of hydrogen-bond donors (Lipinski definition) is 0. The fraction of sp³-hybridized carbons (Fsp3) is 0.0645. The predicted octanol–water partition coefficient (Wildman–Crippen LogP) is 16.1. The zero-order chi connectivity index (χ0) is 44.7. The molecule has 0 spiro atoms. The molecule has 0 fully saturated rings. The molecule has 0 saturated heterocycles. The summed E-state index contributed by atoms with van der Waals surface area (Å²) in [7, 11) is 0. The van der Waals surface area contributed by atoms with Crippen molar-refractivity contribution in [1.82, 2.24) is 14.5 Å². The molecule has 316 valence electrons. The number of pyridine rings is 2. The van der Waals surface area contributed by atoms with Crippen LogP contribution in [0.4, 0.5) is 11.4 Å². The molecule has 1 atom stereocenters. The number of para-hydroxylation sites is 2. The number of aromatic nitrogens is 3. The molecule has 0 saturated carbocycles. The predicted molar refractivity (Wildman–Crippen MR) is 278 cm³/mol. The summed E-state index contributed by atoms with van der Waals surface area (Å²) in [6, 6.07) is 68.0. The largest absolute Gasteiger partial charge is 0.334 e. The molecule has 0 bridgehead atoms. The first-order valence-corrected chi connectivity index (χ1v) is 22.6. The van der Waals surface area contributed by atoms with Crippen molar-refractivity contribution in [3.05, 3.63) is 248 Å². The van der Waals surface area contributed by atoms with Gasteiger partial charge >= 0.3 is 0 Å². The Morgan fingerprint density at radius 3 is 1.68 bits per heavy atom. The van der Waals surface area contributed by atoms with Crippen LogP contribution < -0.4 is 4.90 Å². The summed E-state index contributed by atoms with van der Waals surface area (Å²) in [5.74, 6) is 0. The summed E-state index contributed by atoms with van der Waals surface area (Å²) >= 11 is 0. The maximum absolute atomic E-state index is 4.87. The summed E-state index contributed by atoms with van der Waals surface area (Å²) in [6.45, 7) is 11.1. The number of hydrogen-bond acceptors (Lipinski definition) is 3. The number of fused-ring (bicyclic) bond motifs is 4. The summed E-state index contributed by atoms with van der Waals surface area (Å²) < 4.78 is 2.44. The maximum Gasteiger partial charge on any atom is 0.0731 e. The zero-order valence-electron chi connectivity index (χ0n) is 37.4. The lowest BCUT2D eigenvalue weighted by atomic mass is 9.93. The van der Waals surface area contributed by atoms with Gasteiger partial charge in [0.05, 0.1) is 28.5 Å². The van der Waals surface area contributed by atoms with Crippen LogP contribution >= 0.6 is 0 Å². The van der Waals surface area contributed by atoms with E-state index in [0.29, 0.717) is 0 Å². The van der Waals surface area contributed by atoms with Gasteiger partial charge in [-0.2, -0.15) is 0 Å². The second-order valence-corrected chi connectivity index (χ2v) is 17.3. The van der Waals surface area contributed by atoms with Crippen LogP contribution in [-0.4, -0.2) is 20.6 Å². The van der Waals surface area contributed by atoms with Crippen LogP contribution in [0, 0.1) is 13.8 Å². The van der Waals surface area contributed by atoms with E-state index in [1.54, 1.807) is 0 Å². The molecule has 66 heavy (non-hydrogen) atoms. The number of rotatable bonds is 7. The van der Waals surface area contributed by atoms with Gasteiger partial charge in [0.25, 0.3) is 0 Å². The van der Waals surface area contributed by atoms with Crippen molar-refractivity contribution in [2.75, 3.05) is 4.90 Å². The van der Waals surface area contributed by atoms with Gasteiger partial charge in [-0.05, 0) is 143 Å². The van der Waals surface area contributed by atoms with Gasteiger partial charge in [-0.15, -0.1) is 0 Å². The van der Waals surface area contributed by atoms with Gasteiger partial charge < -0.3 is 9.47 Å². The van der Waals surface area contributed by atoms with E-state index < -0.39 is 0 Å². The number of nitrogens with zero attached hydrogens (tertiary/aromatic N) is 4. The number of benzene rings is 7. The van der Waals surface area contributed by atoms with E-state index in [2.05, 4.69) is 231 Å². The number of allylic oxidation sites excluding steroid dienone is 4. The highest BCUT2D eigenvalue weighted by atomic mass is 15.2. The topological polar surface area (TPSA) is 34.0 Å². The monoisotopic (exact) mass is 848 g/mol. The molecule has 3 aromatic heterocycles. The third kappa shape index (κ3) is 7.42. The molecule has 0 N–H and O–H groups in total. The van der Waals surface area contributed by atoms with Crippen molar-refractivity contribution >= 4 is 44.3 Å². The average molecular weight is 849 g/mol. The molecule has 10 aromatic rings. The lowest BCUT2D eigenvalue weighted by molar-refractivity contribution is 0.865. The Hall–Kier alpha value is -8.34. The normalized spacial score (nSPS) is 15.1. The minimum Gasteiger partial charge on any atom is -0.334 e. The highest BCUT2D eigenvalue weighted by Gasteiger charge is 2.24. The Labute approximate surface area is 386 Å². The van der Waals surface area contributed by atoms with Gasteiger partial charge in [0.2, 0.25) is 0 Å². The van der Waals surface area contributed by atoms with Crippen LogP contribution in [0.3, 0.4) is 0 Å². The van der Waals surface area contributed by atoms with Crippen LogP contribution in [0.25, 0.3) is 83.3 Å². The Morgan fingerprint density at radius 1 is 0.455 bits per heavy atom. The van der Waals surface area contributed by atoms with Crippen LogP contribution in [0.5, 0.6) is 0 Å². The van der Waals surface area contributed by atoms with E-state index in [1.165, 1.54) is 10.8 Å². The summed E-state index contributed by atoms with van der Waals surface area (Å²) in [6.07, 6.45) is 10.4. The van der Waals surface area contributed by atoms with Gasteiger partial charge in [-0.3, -0.25) is 9.97 Å². The van der Waals surface area contributed by atoms with Crippen molar-refractivity contribution in [3.8, 4) is 50.3 Å². The highest BCUT2D eigenvalue weighted by molar-refractivity contribution is 6.10.